The second-order valence-corrected chi connectivity index (χ2v) is 12.3. The highest BCUT2D eigenvalue weighted by atomic mass is 16.3. The van der Waals surface area contributed by atoms with Crippen molar-refractivity contribution in [3.05, 3.63) is 76.9 Å². The molecule has 39 heavy (non-hydrogen) atoms. The molecule has 0 aromatic heterocycles. The van der Waals surface area contributed by atoms with Crippen LogP contribution in [0.2, 0.25) is 0 Å². The first-order valence-corrected chi connectivity index (χ1v) is 15.1. The fourth-order valence-corrected chi connectivity index (χ4v) is 6.44. The van der Waals surface area contributed by atoms with Crippen LogP contribution < -0.4 is 0 Å². The first-order valence-electron chi connectivity index (χ1n) is 15.1. The molecule has 0 saturated carbocycles. The van der Waals surface area contributed by atoms with E-state index in [0.29, 0.717) is 18.4 Å². The van der Waals surface area contributed by atoms with Crippen LogP contribution in [-0.2, 0) is 0 Å². The van der Waals surface area contributed by atoms with Gasteiger partial charge in [-0.15, -0.1) is 6.58 Å². The lowest BCUT2D eigenvalue weighted by Gasteiger charge is -2.36. The summed E-state index contributed by atoms with van der Waals surface area (Å²) in [5.74, 6) is 1.88. The molecule has 1 aromatic rings. The number of nitrogens with zero attached hydrogens (tertiary/aromatic N) is 3. The average molecular weight is 528 g/mol. The molecule has 1 fully saturated rings. The number of likely N-dealkylation sites (tertiary alicyclic amines) is 1. The molecule has 2 aliphatic heterocycles. The van der Waals surface area contributed by atoms with Crippen LogP contribution in [0.3, 0.4) is 0 Å². The van der Waals surface area contributed by atoms with Gasteiger partial charge in [-0.05, 0) is 117 Å². The number of aryl methyl sites for hydroxylation is 1. The Morgan fingerprint density at radius 1 is 1.18 bits per heavy atom. The molecular formula is C35H49N3O. The Morgan fingerprint density at radius 2 is 1.92 bits per heavy atom. The molecule has 1 aromatic carbocycles. The molecule has 0 bridgehead atoms. The Morgan fingerprint density at radius 3 is 2.59 bits per heavy atom. The van der Waals surface area contributed by atoms with Crippen molar-refractivity contribution in [3.8, 4) is 0 Å². The maximum Gasteiger partial charge on any atom is 0.121 e. The highest BCUT2D eigenvalue weighted by Gasteiger charge is 2.27. The van der Waals surface area contributed by atoms with Gasteiger partial charge in [0.1, 0.15) is 5.84 Å². The van der Waals surface area contributed by atoms with Crippen molar-refractivity contribution in [2.24, 2.45) is 15.9 Å². The Hall–Kier alpha value is -2.56. The second kappa shape index (κ2) is 12.7. The van der Waals surface area contributed by atoms with Gasteiger partial charge in [0.2, 0.25) is 0 Å². The first-order chi connectivity index (χ1) is 18.6. The fourth-order valence-electron chi connectivity index (χ4n) is 6.44. The molecule has 4 nitrogen and oxygen atoms in total. The SMILES string of the molecule is C=CC(C)(O)CN1CCC(c2ccc(C)c(/C(=C(CCC)/C3=C/CCC4N=C(C)N=C4/C=C\3)C(C)C)c2)CC1. The van der Waals surface area contributed by atoms with Crippen LogP contribution in [0.1, 0.15) is 95.8 Å². The van der Waals surface area contributed by atoms with Crippen molar-refractivity contribution in [2.45, 2.75) is 97.6 Å². The summed E-state index contributed by atoms with van der Waals surface area (Å²) in [7, 11) is 0. The zero-order chi connectivity index (χ0) is 28.2. The van der Waals surface area contributed by atoms with E-state index in [-0.39, 0.29) is 6.04 Å². The highest BCUT2D eigenvalue weighted by molar-refractivity contribution is 6.11. The molecule has 1 saturated heterocycles. The zero-order valence-electron chi connectivity index (χ0n) is 25.1. The van der Waals surface area contributed by atoms with Gasteiger partial charge >= 0.3 is 0 Å². The van der Waals surface area contributed by atoms with Gasteiger partial charge < -0.3 is 10.0 Å². The third-order valence-electron chi connectivity index (χ3n) is 8.56. The van der Waals surface area contributed by atoms with Crippen LogP contribution in [0.4, 0.5) is 0 Å². The number of amidine groups is 1. The third kappa shape index (κ3) is 7.15. The maximum atomic E-state index is 10.4. The number of hydrogen-bond acceptors (Lipinski definition) is 4. The molecule has 0 amide bonds. The monoisotopic (exact) mass is 527 g/mol. The van der Waals surface area contributed by atoms with Gasteiger partial charge in [0.15, 0.2) is 0 Å². The van der Waals surface area contributed by atoms with Gasteiger partial charge in [-0.3, -0.25) is 4.99 Å². The number of piperidine rings is 1. The van der Waals surface area contributed by atoms with Crippen molar-refractivity contribution in [1.82, 2.24) is 4.90 Å². The molecule has 4 heteroatoms. The molecule has 0 radical (unpaired) electrons. The van der Waals surface area contributed by atoms with Gasteiger partial charge in [-0.2, -0.15) is 0 Å². The summed E-state index contributed by atoms with van der Waals surface area (Å²) in [6.45, 7) is 19.6. The van der Waals surface area contributed by atoms with E-state index >= 15 is 0 Å². The van der Waals surface area contributed by atoms with Crippen molar-refractivity contribution < 1.29 is 5.11 Å². The van der Waals surface area contributed by atoms with E-state index in [0.717, 1.165) is 63.2 Å². The number of aliphatic hydroxyl groups is 1. The van der Waals surface area contributed by atoms with Crippen molar-refractivity contribution in [2.75, 3.05) is 19.6 Å². The van der Waals surface area contributed by atoms with Gasteiger partial charge in [-0.25, -0.2) is 4.99 Å². The summed E-state index contributed by atoms with van der Waals surface area (Å²) < 4.78 is 0. The van der Waals surface area contributed by atoms with E-state index in [2.05, 4.69) is 75.6 Å². The summed E-state index contributed by atoms with van der Waals surface area (Å²) in [4.78, 5) is 11.8. The summed E-state index contributed by atoms with van der Waals surface area (Å²) in [5.41, 5.74) is 8.85. The van der Waals surface area contributed by atoms with E-state index in [1.165, 1.54) is 33.4 Å². The molecule has 3 aliphatic rings. The standard InChI is InChI=1S/C35H49N3O/c1-8-11-30(28-12-10-13-32-33(17-16-28)37-26(6)36-32)34(24(3)4)31-22-29(15-14-25(31)5)27-18-20-38(21-19-27)23-35(7,39)9-2/h9,12,14-17,22,24,27,32,39H,2,8,10-11,13,18-21,23H2,1,3-7H3/b17-16-,28-12+,34-30+. The van der Waals surface area contributed by atoms with Crippen molar-refractivity contribution in [3.63, 3.8) is 0 Å². The zero-order valence-corrected chi connectivity index (χ0v) is 25.1. The van der Waals surface area contributed by atoms with Crippen molar-refractivity contribution >= 4 is 17.1 Å². The Balaban J connectivity index is 1.65. The number of fused-ring (bicyclic) bond motifs is 1. The number of aliphatic imine (C=N–C) groups is 2. The topological polar surface area (TPSA) is 48.2 Å². The Kier molecular flexibility index (Phi) is 9.61. The minimum Gasteiger partial charge on any atom is -0.385 e. The normalized spacial score (nSPS) is 24.9. The van der Waals surface area contributed by atoms with Gasteiger partial charge in [0.05, 0.1) is 17.4 Å². The van der Waals surface area contributed by atoms with E-state index in [4.69, 9.17) is 9.98 Å². The molecule has 1 N–H and O–H groups in total. The lowest BCUT2D eigenvalue weighted by atomic mass is 9.80. The van der Waals surface area contributed by atoms with E-state index < -0.39 is 5.60 Å². The molecule has 0 spiro atoms. The molecule has 2 atom stereocenters. The predicted octanol–water partition coefficient (Wildman–Crippen LogP) is 7.84. The molecule has 4 rings (SSSR count). The number of hydrogen-bond donors (Lipinski definition) is 1. The lowest BCUT2D eigenvalue weighted by Crippen LogP contribution is -2.43. The highest BCUT2D eigenvalue weighted by Crippen LogP contribution is 2.38. The fraction of sp³-hybridized carbons (Fsp3) is 0.543. The van der Waals surface area contributed by atoms with E-state index in [1.54, 1.807) is 6.08 Å². The maximum absolute atomic E-state index is 10.4. The number of allylic oxidation sites excluding steroid dienone is 5. The largest absolute Gasteiger partial charge is 0.385 e. The third-order valence-corrected chi connectivity index (χ3v) is 8.56. The number of rotatable bonds is 9. The smallest absolute Gasteiger partial charge is 0.121 e. The van der Waals surface area contributed by atoms with Crippen LogP contribution in [-0.4, -0.2) is 52.8 Å². The van der Waals surface area contributed by atoms with Crippen LogP contribution in [0, 0.1) is 12.8 Å². The second-order valence-electron chi connectivity index (χ2n) is 12.3. The number of β-amino-alcohol motifs (C(OH)–C–C–N with tert-alkyl or cyclic N) is 1. The minimum atomic E-state index is -0.826. The average Bonchev–Trinajstić information content (AvgIpc) is 3.23. The summed E-state index contributed by atoms with van der Waals surface area (Å²) in [6, 6.07) is 7.41. The summed E-state index contributed by atoms with van der Waals surface area (Å²) in [5, 5.41) is 10.4. The quantitative estimate of drug-likeness (QED) is 0.333. The Labute approximate surface area is 237 Å². The van der Waals surface area contributed by atoms with E-state index in [1.807, 2.05) is 13.8 Å². The number of benzene rings is 1. The van der Waals surface area contributed by atoms with Gasteiger partial charge in [-0.1, -0.05) is 63.6 Å². The summed E-state index contributed by atoms with van der Waals surface area (Å²) in [6.07, 6.45) is 15.1. The summed E-state index contributed by atoms with van der Waals surface area (Å²) >= 11 is 0. The van der Waals surface area contributed by atoms with Crippen LogP contribution in [0.15, 0.2) is 70.2 Å². The van der Waals surface area contributed by atoms with Crippen LogP contribution in [0.5, 0.6) is 0 Å². The molecule has 2 heterocycles. The molecular weight excluding hydrogens is 478 g/mol. The van der Waals surface area contributed by atoms with E-state index in [9.17, 15) is 5.11 Å². The van der Waals surface area contributed by atoms with Crippen molar-refractivity contribution in [1.29, 1.82) is 0 Å². The van der Waals surface area contributed by atoms with Crippen LogP contribution in [0.25, 0.3) is 5.57 Å². The minimum absolute atomic E-state index is 0.218. The predicted molar refractivity (Wildman–Crippen MR) is 168 cm³/mol. The Bertz CT molecular complexity index is 1200. The first kappa shape index (κ1) is 29.4. The molecule has 210 valence electrons. The van der Waals surface area contributed by atoms with Gasteiger partial charge in [0.25, 0.3) is 0 Å². The lowest BCUT2D eigenvalue weighted by molar-refractivity contribution is 0.0518. The van der Waals surface area contributed by atoms with Crippen LogP contribution >= 0.6 is 0 Å². The molecule has 1 aliphatic carbocycles. The molecule has 2 unspecified atom stereocenters. The van der Waals surface area contributed by atoms with Gasteiger partial charge in [0, 0.05) is 6.54 Å².